The third kappa shape index (κ3) is 5.32. The molecule has 0 aromatic carbocycles. The molecule has 2 saturated carbocycles. The third-order valence-electron chi connectivity index (χ3n) is 4.68. The number of hydrogen-bond acceptors (Lipinski definition) is 4. The molecule has 0 saturated heterocycles. The van der Waals surface area contributed by atoms with Crippen LogP contribution in [0.25, 0.3) is 0 Å². The van der Waals surface area contributed by atoms with E-state index in [0.29, 0.717) is 32.4 Å². The van der Waals surface area contributed by atoms with Gasteiger partial charge in [0.2, 0.25) is 0 Å². The maximum absolute atomic E-state index is 9.89. The normalized spacial score (nSPS) is 30.0. The summed E-state index contributed by atoms with van der Waals surface area (Å²) >= 11 is 0. The second-order valence-corrected chi connectivity index (χ2v) is 6.38. The summed E-state index contributed by atoms with van der Waals surface area (Å²) in [6.07, 6.45) is 7.38. The van der Waals surface area contributed by atoms with E-state index in [1.807, 2.05) is 0 Å². The van der Waals surface area contributed by atoms with E-state index in [4.69, 9.17) is 9.47 Å². The fourth-order valence-electron chi connectivity index (χ4n) is 3.53. The molecule has 0 heterocycles. The smallest absolute Gasteiger partial charge is 0.0897 e. The minimum atomic E-state index is -0.398. The van der Waals surface area contributed by atoms with Gasteiger partial charge in [-0.1, -0.05) is 19.8 Å². The summed E-state index contributed by atoms with van der Waals surface area (Å²) in [7, 11) is 0. The van der Waals surface area contributed by atoms with Gasteiger partial charge in [-0.3, -0.25) is 0 Å². The SMILES string of the molecule is CCCCOCCOCC(O)CNC1CC2CCC1C2. The first-order valence-electron chi connectivity index (χ1n) is 8.36. The van der Waals surface area contributed by atoms with Crippen LogP contribution in [0.3, 0.4) is 0 Å². The fourth-order valence-corrected chi connectivity index (χ4v) is 3.53. The zero-order chi connectivity index (χ0) is 14.2. The number of fused-ring (bicyclic) bond motifs is 2. The minimum Gasteiger partial charge on any atom is -0.389 e. The zero-order valence-corrected chi connectivity index (χ0v) is 12.9. The summed E-state index contributed by atoms with van der Waals surface area (Å²) in [5.41, 5.74) is 0. The summed E-state index contributed by atoms with van der Waals surface area (Å²) in [5.74, 6) is 1.81. The molecule has 2 aliphatic rings. The number of aliphatic hydroxyl groups is 1. The highest BCUT2D eigenvalue weighted by atomic mass is 16.5. The first-order valence-corrected chi connectivity index (χ1v) is 8.36. The topological polar surface area (TPSA) is 50.7 Å². The van der Waals surface area contributed by atoms with Crippen molar-refractivity contribution in [3.05, 3.63) is 0 Å². The van der Waals surface area contributed by atoms with Crippen LogP contribution in [0, 0.1) is 11.8 Å². The molecule has 0 radical (unpaired) electrons. The van der Waals surface area contributed by atoms with Gasteiger partial charge in [-0.25, -0.2) is 0 Å². The van der Waals surface area contributed by atoms with Gasteiger partial charge in [0.15, 0.2) is 0 Å². The number of aliphatic hydroxyl groups excluding tert-OH is 1. The summed E-state index contributed by atoms with van der Waals surface area (Å²) < 4.78 is 10.8. The monoisotopic (exact) mass is 285 g/mol. The molecule has 2 bridgehead atoms. The Bertz CT molecular complexity index is 262. The molecule has 0 amide bonds. The Labute approximate surface area is 123 Å². The summed E-state index contributed by atoms with van der Waals surface area (Å²) in [6, 6.07) is 0.640. The third-order valence-corrected chi connectivity index (χ3v) is 4.68. The van der Waals surface area contributed by atoms with E-state index >= 15 is 0 Å². The number of nitrogens with one attached hydrogen (secondary N) is 1. The molecular formula is C16H31NO3. The predicted molar refractivity (Wildman–Crippen MR) is 79.8 cm³/mol. The van der Waals surface area contributed by atoms with Crippen LogP contribution in [0.5, 0.6) is 0 Å². The minimum absolute atomic E-state index is 0.398. The highest BCUT2D eigenvalue weighted by molar-refractivity contribution is 4.94. The summed E-state index contributed by atoms with van der Waals surface area (Å²) in [4.78, 5) is 0. The molecule has 0 aliphatic heterocycles. The Morgan fingerprint density at radius 2 is 2.00 bits per heavy atom. The molecule has 0 spiro atoms. The van der Waals surface area contributed by atoms with Crippen molar-refractivity contribution in [2.75, 3.05) is 33.0 Å². The van der Waals surface area contributed by atoms with Gasteiger partial charge < -0.3 is 19.9 Å². The zero-order valence-electron chi connectivity index (χ0n) is 12.9. The van der Waals surface area contributed by atoms with Gasteiger partial charge in [0.05, 0.1) is 25.9 Å². The molecule has 0 aromatic heterocycles. The van der Waals surface area contributed by atoms with Crippen LogP contribution >= 0.6 is 0 Å². The molecule has 2 N–H and O–H groups in total. The standard InChI is InChI=1S/C16H31NO3/c1-2-3-6-19-7-8-20-12-15(18)11-17-16-10-13-4-5-14(16)9-13/h13-18H,2-12H2,1H3. The average molecular weight is 285 g/mol. The van der Waals surface area contributed by atoms with E-state index in [2.05, 4.69) is 12.2 Å². The molecule has 4 nitrogen and oxygen atoms in total. The molecule has 4 heteroatoms. The molecule has 0 aromatic rings. The largest absolute Gasteiger partial charge is 0.389 e. The second kappa shape index (κ2) is 8.98. The lowest BCUT2D eigenvalue weighted by molar-refractivity contribution is 0.00271. The van der Waals surface area contributed by atoms with E-state index in [9.17, 15) is 5.11 Å². The van der Waals surface area contributed by atoms with Crippen LogP contribution in [0.15, 0.2) is 0 Å². The lowest BCUT2D eigenvalue weighted by Gasteiger charge is -2.24. The molecular weight excluding hydrogens is 254 g/mol. The highest BCUT2D eigenvalue weighted by Crippen LogP contribution is 2.44. The lowest BCUT2D eigenvalue weighted by Crippen LogP contribution is -2.40. The number of hydrogen-bond donors (Lipinski definition) is 2. The van der Waals surface area contributed by atoms with E-state index in [1.54, 1.807) is 0 Å². The molecule has 2 aliphatic carbocycles. The predicted octanol–water partition coefficient (Wildman–Crippen LogP) is 1.96. The van der Waals surface area contributed by atoms with Gasteiger partial charge in [0, 0.05) is 19.2 Å². The van der Waals surface area contributed by atoms with E-state index in [-0.39, 0.29) is 0 Å². The van der Waals surface area contributed by atoms with Gasteiger partial charge >= 0.3 is 0 Å². The summed E-state index contributed by atoms with van der Waals surface area (Å²) in [5, 5.41) is 13.4. The first kappa shape index (κ1) is 16.2. The average Bonchev–Trinajstić information content (AvgIpc) is 3.06. The lowest BCUT2D eigenvalue weighted by atomic mass is 9.95. The number of rotatable bonds is 11. The second-order valence-electron chi connectivity index (χ2n) is 6.38. The molecule has 4 unspecified atom stereocenters. The Kier molecular flexibility index (Phi) is 7.28. The van der Waals surface area contributed by atoms with E-state index in [1.165, 1.54) is 25.7 Å². The highest BCUT2D eigenvalue weighted by Gasteiger charge is 2.39. The molecule has 118 valence electrons. The molecule has 2 fully saturated rings. The molecule has 4 atom stereocenters. The first-order chi connectivity index (χ1) is 9.79. The number of ether oxygens (including phenoxy) is 2. The van der Waals surface area contributed by atoms with Crippen LogP contribution in [0.1, 0.15) is 45.4 Å². The molecule has 20 heavy (non-hydrogen) atoms. The maximum Gasteiger partial charge on any atom is 0.0897 e. The van der Waals surface area contributed by atoms with Crippen molar-refractivity contribution in [1.29, 1.82) is 0 Å². The van der Waals surface area contributed by atoms with E-state index < -0.39 is 6.10 Å². The van der Waals surface area contributed by atoms with Crippen molar-refractivity contribution < 1.29 is 14.6 Å². The fraction of sp³-hybridized carbons (Fsp3) is 1.00. The Hall–Kier alpha value is -0.160. The van der Waals surface area contributed by atoms with E-state index in [0.717, 1.165) is 31.3 Å². The van der Waals surface area contributed by atoms with Gasteiger partial charge in [0.1, 0.15) is 0 Å². The van der Waals surface area contributed by atoms with Gasteiger partial charge in [-0.05, 0) is 37.5 Å². The van der Waals surface area contributed by atoms with Gasteiger partial charge in [-0.15, -0.1) is 0 Å². The Morgan fingerprint density at radius 3 is 2.70 bits per heavy atom. The van der Waals surface area contributed by atoms with Crippen LogP contribution in [-0.4, -0.2) is 50.2 Å². The summed E-state index contributed by atoms with van der Waals surface area (Å²) in [6.45, 7) is 5.24. The van der Waals surface area contributed by atoms with Crippen molar-refractivity contribution in [1.82, 2.24) is 5.32 Å². The van der Waals surface area contributed by atoms with Crippen molar-refractivity contribution in [3.63, 3.8) is 0 Å². The van der Waals surface area contributed by atoms with Crippen molar-refractivity contribution in [2.45, 2.75) is 57.6 Å². The quantitative estimate of drug-likeness (QED) is 0.570. The molecule has 2 rings (SSSR count). The van der Waals surface area contributed by atoms with Gasteiger partial charge in [-0.2, -0.15) is 0 Å². The van der Waals surface area contributed by atoms with Crippen LogP contribution in [0.2, 0.25) is 0 Å². The van der Waals surface area contributed by atoms with Crippen LogP contribution in [0.4, 0.5) is 0 Å². The maximum atomic E-state index is 9.89. The van der Waals surface area contributed by atoms with Crippen molar-refractivity contribution in [2.24, 2.45) is 11.8 Å². The van der Waals surface area contributed by atoms with Crippen LogP contribution < -0.4 is 5.32 Å². The number of unbranched alkanes of at least 4 members (excludes halogenated alkanes) is 1. The van der Waals surface area contributed by atoms with Crippen molar-refractivity contribution >= 4 is 0 Å². The Balaban J connectivity index is 1.42. The Morgan fingerprint density at radius 1 is 1.15 bits per heavy atom. The van der Waals surface area contributed by atoms with Gasteiger partial charge in [0.25, 0.3) is 0 Å². The van der Waals surface area contributed by atoms with Crippen LogP contribution in [-0.2, 0) is 9.47 Å². The van der Waals surface area contributed by atoms with Crippen molar-refractivity contribution in [3.8, 4) is 0 Å².